The topological polar surface area (TPSA) is 114 Å². The number of nitrogens with one attached hydrogen (secondary N) is 1. The number of nitrogens with two attached hydrogens (primary N) is 1. The van der Waals surface area contributed by atoms with Crippen LogP contribution in [-0.2, 0) is 0 Å². The number of primary amides is 1. The maximum absolute atomic E-state index is 12.6. The van der Waals surface area contributed by atoms with Gasteiger partial charge in [-0.05, 0) is 18.1 Å². The van der Waals surface area contributed by atoms with Gasteiger partial charge in [-0.1, -0.05) is 13.8 Å². The molecule has 0 bridgehead atoms. The van der Waals surface area contributed by atoms with E-state index >= 15 is 0 Å². The van der Waals surface area contributed by atoms with E-state index in [2.05, 4.69) is 20.3 Å². The first kappa shape index (κ1) is 17.3. The number of carbonyl (C=O) groups excluding carboxylic acids is 2. The van der Waals surface area contributed by atoms with Gasteiger partial charge in [-0.3, -0.25) is 14.6 Å². The van der Waals surface area contributed by atoms with E-state index in [1.165, 1.54) is 18.6 Å². The zero-order valence-electron chi connectivity index (χ0n) is 14.1. The summed E-state index contributed by atoms with van der Waals surface area (Å²) in [5, 5.41) is 2.78. The second kappa shape index (κ2) is 7.03. The average Bonchev–Trinajstić information content (AvgIpc) is 2.54. The van der Waals surface area contributed by atoms with Crippen LogP contribution in [0.4, 0.5) is 11.5 Å². The summed E-state index contributed by atoms with van der Waals surface area (Å²) in [5.41, 5.74) is 6.52. The van der Waals surface area contributed by atoms with E-state index in [0.29, 0.717) is 17.2 Å². The predicted octanol–water partition coefficient (Wildman–Crippen LogP) is 1.41. The normalized spacial score (nSPS) is 10.5. The minimum absolute atomic E-state index is 0.0340. The smallest absolute Gasteiger partial charge is 0.275 e. The summed E-state index contributed by atoms with van der Waals surface area (Å²) in [6, 6.07) is 3.01. The van der Waals surface area contributed by atoms with Crippen LogP contribution < -0.4 is 16.0 Å². The lowest BCUT2D eigenvalue weighted by atomic mass is 10.1. The Hall–Kier alpha value is -3.03. The van der Waals surface area contributed by atoms with Crippen molar-refractivity contribution in [2.75, 3.05) is 24.3 Å². The first-order valence-electron chi connectivity index (χ1n) is 7.41. The van der Waals surface area contributed by atoms with Crippen molar-refractivity contribution in [3.8, 4) is 0 Å². The second-order valence-electron chi connectivity index (χ2n) is 5.72. The number of aromatic nitrogens is 3. The van der Waals surface area contributed by atoms with Gasteiger partial charge >= 0.3 is 0 Å². The van der Waals surface area contributed by atoms with Gasteiger partial charge in [0.25, 0.3) is 11.8 Å². The van der Waals surface area contributed by atoms with Crippen LogP contribution in [0.15, 0.2) is 24.7 Å². The van der Waals surface area contributed by atoms with Crippen LogP contribution in [-0.4, -0.2) is 40.9 Å². The molecule has 0 atom stereocenters. The number of carbonyl (C=O) groups is 2. The molecular formula is C16H20N6O2. The molecule has 0 aliphatic rings. The highest BCUT2D eigenvalue weighted by molar-refractivity contribution is 6.11. The quantitative estimate of drug-likeness (QED) is 0.858. The third-order valence-corrected chi connectivity index (χ3v) is 3.35. The van der Waals surface area contributed by atoms with E-state index in [4.69, 9.17) is 5.73 Å². The Morgan fingerprint density at radius 3 is 2.50 bits per heavy atom. The van der Waals surface area contributed by atoms with Crippen molar-refractivity contribution >= 4 is 23.3 Å². The molecule has 2 rings (SSSR count). The Labute approximate surface area is 140 Å². The van der Waals surface area contributed by atoms with Crippen LogP contribution in [0.5, 0.6) is 0 Å². The van der Waals surface area contributed by atoms with Crippen LogP contribution in [0.25, 0.3) is 0 Å². The lowest BCUT2D eigenvalue weighted by molar-refractivity contribution is 0.0974. The monoisotopic (exact) mass is 328 g/mol. The van der Waals surface area contributed by atoms with Crippen molar-refractivity contribution in [2.24, 2.45) is 5.73 Å². The van der Waals surface area contributed by atoms with Gasteiger partial charge in [0.2, 0.25) is 0 Å². The molecule has 0 aromatic carbocycles. The molecular weight excluding hydrogens is 308 g/mol. The van der Waals surface area contributed by atoms with Crippen LogP contribution in [0.3, 0.4) is 0 Å². The number of rotatable bonds is 5. The minimum Gasteiger partial charge on any atom is -0.366 e. The standard InChI is InChI=1S/C16H20N6O2/c1-9(2)11-13(15(22(3)4)20-8-19-11)21-16(24)12-10(14(17)23)6-5-7-18-12/h5-9H,1-4H3,(H2,17,23)(H,21,24). The number of amides is 2. The summed E-state index contributed by atoms with van der Waals surface area (Å²) < 4.78 is 0. The van der Waals surface area contributed by atoms with Crippen molar-refractivity contribution in [2.45, 2.75) is 19.8 Å². The number of nitrogens with zero attached hydrogens (tertiary/aromatic N) is 4. The maximum Gasteiger partial charge on any atom is 0.275 e. The highest BCUT2D eigenvalue weighted by atomic mass is 16.2. The van der Waals surface area contributed by atoms with Crippen LogP contribution in [0, 0.1) is 0 Å². The van der Waals surface area contributed by atoms with E-state index in [1.807, 2.05) is 27.9 Å². The largest absolute Gasteiger partial charge is 0.366 e. The zero-order chi connectivity index (χ0) is 17.9. The van der Waals surface area contributed by atoms with Crippen LogP contribution >= 0.6 is 0 Å². The van der Waals surface area contributed by atoms with Crippen molar-refractivity contribution < 1.29 is 9.59 Å². The van der Waals surface area contributed by atoms with Gasteiger partial charge in [0.15, 0.2) is 5.82 Å². The van der Waals surface area contributed by atoms with Crippen molar-refractivity contribution in [3.05, 3.63) is 41.6 Å². The Balaban J connectivity index is 2.48. The average molecular weight is 328 g/mol. The molecule has 0 fully saturated rings. The molecule has 3 N–H and O–H groups in total. The Kier molecular flexibility index (Phi) is 5.08. The van der Waals surface area contributed by atoms with E-state index in [9.17, 15) is 9.59 Å². The fourth-order valence-electron chi connectivity index (χ4n) is 2.24. The van der Waals surface area contributed by atoms with Gasteiger partial charge in [-0.15, -0.1) is 0 Å². The van der Waals surface area contributed by atoms with Gasteiger partial charge in [0.1, 0.15) is 17.7 Å². The summed E-state index contributed by atoms with van der Waals surface area (Å²) in [5.74, 6) is -0.612. The molecule has 126 valence electrons. The summed E-state index contributed by atoms with van der Waals surface area (Å²) in [7, 11) is 3.63. The highest BCUT2D eigenvalue weighted by Crippen LogP contribution is 2.29. The molecule has 0 saturated carbocycles. The molecule has 0 radical (unpaired) electrons. The molecule has 0 aliphatic heterocycles. The van der Waals surface area contributed by atoms with Crippen molar-refractivity contribution in [1.82, 2.24) is 15.0 Å². The van der Waals surface area contributed by atoms with Gasteiger partial charge in [0.05, 0.1) is 11.3 Å². The summed E-state index contributed by atoms with van der Waals surface area (Å²) in [6.45, 7) is 3.93. The third kappa shape index (κ3) is 3.48. The summed E-state index contributed by atoms with van der Waals surface area (Å²) in [6.07, 6.45) is 2.88. The number of hydrogen-bond donors (Lipinski definition) is 2. The fraction of sp³-hybridized carbons (Fsp3) is 0.312. The SMILES string of the molecule is CC(C)c1ncnc(N(C)C)c1NC(=O)c1ncccc1C(N)=O. The van der Waals surface area contributed by atoms with Gasteiger partial charge in [0, 0.05) is 20.3 Å². The maximum atomic E-state index is 12.6. The summed E-state index contributed by atoms with van der Waals surface area (Å²) >= 11 is 0. The second-order valence-corrected chi connectivity index (χ2v) is 5.72. The number of anilines is 2. The van der Waals surface area contributed by atoms with E-state index in [1.54, 1.807) is 11.0 Å². The Morgan fingerprint density at radius 1 is 1.21 bits per heavy atom. The van der Waals surface area contributed by atoms with E-state index in [0.717, 1.165) is 0 Å². The molecule has 8 nitrogen and oxygen atoms in total. The first-order chi connectivity index (χ1) is 11.3. The van der Waals surface area contributed by atoms with E-state index in [-0.39, 0.29) is 17.2 Å². The molecule has 0 aliphatic carbocycles. The Morgan fingerprint density at radius 2 is 1.92 bits per heavy atom. The van der Waals surface area contributed by atoms with Crippen LogP contribution in [0.2, 0.25) is 0 Å². The lowest BCUT2D eigenvalue weighted by Gasteiger charge is -2.20. The first-order valence-corrected chi connectivity index (χ1v) is 7.41. The molecule has 0 saturated heterocycles. The molecule has 0 unspecified atom stereocenters. The Bertz CT molecular complexity index is 747. The highest BCUT2D eigenvalue weighted by Gasteiger charge is 2.22. The molecule has 2 aromatic heterocycles. The number of pyridine rings is 1. The third-order valence-electron chi connectivity index (χ3n) is 3.35. The van der Waals surface area contributed by atoms with Gasteiger partial charge in [-0.2, -0.15) is 0 Å². The van der Waals surface area contributed by atoms with Gasteiger partial charge < -0.3 is 16.0 Å². The summed E-state index contributed by atoms with van der Waals surface area (Å²) in [4.78, 5) is 38.4. The zero-order valence-corrected chi connectivity index (χ0v) is 14.1. The fourth-order valence-corrected chi connectivity index (χ4v) is 2.24. The molecule has 0 spiro atoms. The molecule has 2 aromatic rings. The van der Waals surface area contributed by atoms with Crippen LogP contribution in [0.1, 0.15) is 46.3 Å². The van der Waals surface area contributed by atoms with Crippen molar-refractivity contribution in [1.29, 1.82) is 0 Å². The minimum atomic E-state index is -0.713. The molecule has 24 heavy (non-hydrogen) atoms. The van der Waals surface area contributed by atoms with Crippen molar-refractivity contribution in [3.63, 3.8) is 0 Å². The molecule has 8 heteroatoms. The predicted molar refractivity (Wildman–Crippen MR) is 91.2 cm³/mol. The lowest BCUT2D eigenvalue weighted by Crippen LogP contribution is -2.24. The van der Waals surface area contributed by atoms with Gasteiger partial charge in [-0.25, -0.2) is 9.97 Å². The molecule has 2 amide bonds. The molecule has 2 heterocycles. The van der Waals surface area contributed by atoms with E-state index < -0.39 is 11.8 Å². The number of hydrogen-bond acceptors (Lipinski definition) is 6.